The van der Waals surface area contributed by atoms with Crippen molar-refractivity contribution in [1.82, 2.24) is 5.32 Å². The van der Waals surface area contributed by atoms with Crippen molar-refractivity contribution in [2.45, 2.75) is 429 Å². The minimum absolute atomic E-state index is 0.0100. The second kappa shape index (κ2) is 69.0. The van der Waals surface area contributed by atoms with E-state index in [1.54, 1.807) is 6.08 Å². The maximum absolute atomic E-state index is 13.0. The summed E-state index contributed by atoms with van der Waals surface area (Å²) in [6, 6.07) is -0.807. The zero-order valence-corrected chi connectivity index (χ0v) is 59.6. The number of hydrogen-bond acceptors (Lipinski definition) is 10. The summed E-state index contributed by atoms with van der Waals surface area (Å²) in [5.74, 6) is -0.170. The molecule has 7 atom stereocenters. The summed E-state index contributed by atoms with van der Waals surface area (Å²) >= 11 is 0. The average Bonchev–Trinajstić information content (AvgIpc) is 1.27. The van der Waals surface area contributed by atoms with Gasteiger partial charge >= 0.3 is 5.97 Å². The first-order valence-electron chi connectivity index (χ1n) is 39.4. The lowest BCUT2D eigenvalue weighted by molar-refractivity contribution is -0.302. The third-order valence-electron chi connectivity index (χ3n) is 18.7. The molecule has 0 aromatic carbocycles. The number of allylic oxidation sites excluding steroid dienone is 7. The number of unbranched alkanes of at least 4 members (excludes halogenated alkanes) is 50. The second-order valence-corrected chi connectivity index (χ2v) is 27.4. The summed E-state index contributed by atoms with van der Waals surface area (Å²) in [6.07, 6.45) is 81.6. The molecule has 0 aliphatic carbocycles. The predicted octanol–water partition coefficient (Wildman–Crippen LogP) is 21.1. The highest BCUT2D eigenvalue weighted by atomic mass is 16.7. The quantitative estimate of drug-likeness (QED) is 0.0195. The van der Waals surface area contributed by atoms with Crippen molar-refractivity contribution in [3.8, 4) is 0 Å². The number of esters is 1. The molecule has 1 amide bonds. The van der Waals surface area contributed by atoms with Gasteiger partial charge in [0.2, 0.25) is 5.91 Å². The molecule has 6 N–H and O–H groups in total. The monoisotopic (exact) mass is 1280 g/mol. The lowest BCUT2D eigenvalue weighted by Crippen LogP contribution is -2.60. The normalized spacial score (nSPS) is 17.8. The first-order valence-corrected chi connectivity index (χ1v) is 39.4. The lowest BCUT2D eigenvalue weighted by atomic mass is 9.99. The molecule has 11 nitrogen and oxygen atoms in total. The Morgan fingerprint density at radius 2 is 0.736 bits per heavy atom. The van der Waals surface area contributed by atoms with E-state index in [1.165, 1.54) is 295 Å². The Labute approximate surface area is 561 Å². The first kappa shape index (κ1) is 86.6. The molecular formula is C80H149NO10. The van der Waals surface area contributed by atoms with Crippen LogP contribution in [0.2, 0.25) is 0 Å². The molecular weight excluding hydrogens is 1130 g/mol. The molecule has 7 unspecified atom stereocenters. The van der Waals surface area contributed by atoms with Crippen molar-refractivity contribution in [1.29, 1.82) is 0 Å². The molecule has 11 heteroatoms. The van der Waals surface area contributed by atoms with Crippen LogP contribution in [0.25, 0.3) is 0 Å². The Balaban J connectivity index is 1.87. The Hall–Kier alpha value is -2.38. The summed E-state index contributed by atoms with van der Waals surface area (Å²) < 4.78 is 16.7. The number of amides is 1. The van der Waals surface area contributed by atoms with Gasteiger partial charge in [0.25, 0.3) is 0 Å². The third-order valence-corrected chi connectivity index (χ3v) is 18.7. The Morgan fingerprint density at radius 1 is 0.407 bits per heavy atom. The van der Waals surface area contributed by atoms with E-state index in [9.17, 15) is 35.1 Å². The smallest absolute Gasteiger partial charge is 0.305 e. The van der Waals surface area contributed by atoms with Crippen molar-refractivity contribution >= 4 is 11.9 Å². The van der Waals surface area contributed by atoms with Crippen LogP contribution in [0.1, 0.15) is 386 Å². The maximum atomic E-state index is 13.0. The van der Waals surface area contributed by atoms with Crippen LogP contribution in [0.5, 0.6) is 0 Å². The zero-order chi connectivity index (χ0) is 65.8. The number of aliphatic hydroxyl groups excluding tert-OH is 5. The van der Waals surface area contributed by atoms with Gasteiger partial charge in [-0.15, -0.1) is 0 Å². The van der Waals surface area contributed by atoms with Crippen LogP contribution in [-0.4, -0.2) is 100 Å². The molecule has 534 valence electrons. The zero-order valence-electron chi connectivity index (χ0n) is 59.6. The Morgan fingerprint density at radius 3 is 1.12 bits per heavy atom. The van der Waals surface area contributed by atoms with E-state index in [2.05, 4.69) is 55.6 Å². The molecule has 0 aromatic heterocycles. The number of ether oxygens (including phenoxy) is 3. The minimum atomic E-state index is -1.57. The van der Waals surface area contributed by atoms with E-state index in [1.807, 2.05) is 6.08 Å². The van der Waals surface area contributed by atoms with Gasteiger partial charge in [-0.05, 0) is 89.9 Å². The number of nitrogens with one attached hydrogen (secondary N) is 1. The fourth-order valence-corrected chi connectivity index (χ4v) is 12.5. The number of hydrogen-bond donors (Lipinski definition) is 6. The minimum Gasteiger partial charge on any atom is -0.466 e. The van der Waals surface area contributed by atoms with Crippen LogP contribution in [-0.2, 0) is 23.8 Å². The van der Waals surface area contributed by atoms with Crippen LogP contribution < -0.4 is 5.32 Å². The Bertz CT molecular complexity index is 1650. The van der Waals surface area contributed by atoms with E-state index in [-0.39, 0.29) is 18.5 Å². The second-order valence-electron chi connectivity index (χ2n) is 27.4. The Kier molecular flexibility index (Phi) is 65.7. The van der Waals surface area contributed by atoms with Crippen molar-refractivity contribution < 1.29 is 49.3 Å². The SMILES string of the molecule is CCCCCCCC/C=C\CCCCCCCCCCCC(=O)OCCCCCCCCCCCCC/C=C\C/C=C\CCCCCCCCCCCCCCCCCCCC(=O)NC(COC1OC(CO)C(O)C(O)C1O)C(O)/C=C/CCCCCCCCC. The molecule has 0 bridgehead atoms. The highest BCUT2D eigenvalue weighted by Gasteiger charge is 2.44. The van der Waals surface area contributed by atoms with E-state index < -0.39 is 49.5 Å². The standard InChI is InChI=1S/C80H149NO10/c1-3-5-7-9-11-13-14-15-16-17-35-39-42-45-48-52-56-60-64-68-76(85)89-69-65-61-57-53-49-46-43-40-37-34-32-30-28-26-24-22-20-18-19-21-23-25-27-29-31-33-36-38-41-44-47-51-55-59-63-67-75(84)81-72(73(83)66-62-58-54-50-12-10-8-6-4-2)71-90-80-79(88)78(87)77(86)74(70-82)91-80/h15-16,20,22,26,28,62,66,72-74,77-80,82-83,86-88H,3-14,17-19,21,23-25,27,29-61,63-65,67-71H2,1-2H3,(H,81,84)/b16-15-,22-20-,28-26-,66-62+. The molecule has 1 fully saturated rings. The van der Waals surface area contributed by atoms with Crippen molar-refractivity contribution in [3.63, 3.8) is 0 Å². The van der Waals surface area contributed by atoms with Crippen molar-refractivity contribution in [3.05, 3.63) is 48.6 Å². The molecule has 0 saturated carbocycles. The van der Waals surface area contributed by atoms with Gasteiger partial charge in [-0.25, -0.2) is 0 Å². The number of aliphatic hydroxyl groups is 5. The molecule has 0 radical (unpaired) electrons. The highest BCUT2D eigenvalue weighted by molar-refractivity contribution is 5.76. The molecule has 1 heterocycles. The summed E-state index contributed by atoms with van der Waals surface area (Å²) in [5.41, 5.74) is 0. The van der Waals surface area contributed by atoms with Crippen LogP contribution in [0.15, 0.2) is 48.6 Å². The van der Waals surface area contributed by atoms with Crippen molar-refractivity contribution in [2.24, 2.45) is 0 Å². The van der Waals surface area contributed by atoms with Gasteiger partial charge in [-0.2, -0.15) is 0 Å². The first-order chi connectivity index (χ1) is 44.7. The molecule has 1 saturated heterocycles. The fraction of sp³-hybridized carbons (Fsp3) is 0.875. The molecule has 0 aromatic rings. The topological polar surface area (TPSA) is 175 Å². The predicted molar refractivity (Wildman–Crippen MR) is 384 cm³/mol. The van der Waals surface area contributed by atoms with Crippen LogP contribution >= 0.6 is 0 Å². The third kappa shape index (κ3) is 57.6. The molecule has 0 spiro atoms. The summed E-state index contributed by atoms with van der Waals surface area (Å²) in [4.78, 5) is 25.2. The van der Waals surface area contributed by atoms with Crippen LogP contribution in [0, 0.1) is 0 Å². The molecule has 91 heavy (non-hydrogen) atoms. The van der Waals surface area contributed by atoms with Crippen LogP contribution in [0.3, 0.4) is 0 Å². The largest absolute Gasteiger partial charge is 0.466 e. The van der Waals surface area contributed by atoms with Crippen molar-refractivity contribution in [2.75, 3.05) is 19.8 Å². The van der Waals surface area contributed by atoms with Gasteiger partial charge in [0.1, 0.15) is 24.4 Å². The van der Waals surface area contributed by atoms with Gasteiger partial charge in [0, 0.05) is 12.8 Å². The molecule has 1 rings (SSSR count). The molecule has 1 aliphatic heterocycles. The average molecular weight is 1290 g/mol. The number of carbonyl (C=O) groups excluding carboxylic acids is 2. The summed E-state index contributed by atoms with van der Waals surface area (Å²) in [5, 5.41) is 54.3. The van der Waals surface area contributed by atoms with E-state index >= 15 is 0 Å². The van der Waals surface area contributed by atoms with Gasteiger partial charge in [0.15, 0.2) is 6.29 Å². The maximum Gasteiger partial charge on any atom is 0.305 e. The number of carbonyl (C=O) groups is 2. The number of rotatable bonds is 70. The van der Waals surface area contributed by atoms with Gasteiger partial charge in [-0.3, -0.25) is 9.59 Å². The van der Waals surface area contributed by atoms with Gasteiger partial charge in [-0.1, -0.05) is 332 Å². The van der Waals surface area contributed by atoms with E-state index in [0.717, 1.165) is 64.2 Å². The summed E-state index contributed by atoms with van der Waals surface area (Å²) in [6.45, 7) is 4.35. The van der Waals surface area contributed by atoms with Gasteiger partial charge < -0.3 is 45.1 Å². The lowest BCUT2D eigenvalue weighted by Gasteiger charge is -2.40. The van der Waals surface area contributed by atoms with Gasteiger partial charge in [0.05, 0.1) is 32.0 Å². The highest BCUT2D eigenvalue weighted by Crippen LogP contribution is 2.24. The fourth-order valence-electron chi connectivity index (χ4n) is 12.5. The molecule has 1 aliphatic rings. The van der Waals surface area contributed by atoms with E-state index in [4.69, 9.17) is 14.2 Å². The van der Waals surface area contributed by atoms with Crippen LogP contribution in [0.4, 0.5) is 0 Å². The van der Waals surface area contributed by atoms with E-state index in [0.29, 0.717) is 19.4 Å². The summed E-state index contributed by atoms with van der Waals surface area (Å²) in [7, 11) is 0.